The van der Waals surface area contributed by atoms with Gasteiger partial charge in [-0.2, -0.15) is 0 Å². The molecule has 1 fully saturated rings. The summed E-state index contributed by atoms with van der Waals surface area (Å²) in [4.78, 5) is 0. The first-order valence-electron chi connectivity index (χ1n) is 5.89. The topological polar surface area (TPSA) is 44.5 Å². The molecule has 2 N–H and O–H groups in total. The van der Waals surface area contributed by atoms with Gasteiger partial charge in [-0.3, -0.25) is 0 Å². The van der Waals surface area contributed by atoms with Crippen LogP contribution in [0.4, 0.5) is 4.39 Å². The predicted octanol–water partition coefficient (Wildman–Crippen LogP) is 2.26. The Morgan fingerprint density at radius 3 is 2.76 bits per heavy atom. The lowest BCUT2D eigenvalue weighted by molar-refractivity contribution is 0.0577. The Hall–Kier alpha value is -1.13. The van der Waals surface area contributed by atoms with Crippen LogP contribution < -0.4 is 10.5 Å². The molecule has 0 spiro atoms. The largest absolute Gasteiger partial charge is 0.496 e. The van der Waals surface area contributed by atoms with Gasteiger partial charge in [0.1, 0.15) is 11.6 Å². The number of methoxy groups -OCH3 is 1. The van der Waals surface area contributed by atoms with Crippen molar-refractivity contribution in [2.24, 2.45) is 11.7 Å². The van der Waals surface area contributed by atoms with Crippen LogP contribution in [0.1, 0.15) is 24.4 Å². The van der Waals surface area contributed by atoms with Gasteiger partial charge >= 0.3 is 0 Å². The molecule has 1 heterocycles. The summed E-state index contributed by atoms with van der Waals surface area (Å²) in [5, 5.41) is 0. The maximum Gasteiger partial charge on any atom is 0.131 e. The molecule has 2 rings (SSSR count). The van der Waals surface area contributed by atoms with Crippen molar-refractivity contribution in [3.63, 3.8) is 0 Å². The van der Waals surface area contributed by atoms with Gasteiger partial charge in [0.25, 0.3) is 0 Å². The number of rotatable bonds is 3. The van der Waals surface area contributed by atoms with E-state index in [-0.39, 0.29) is 17.8 Å². The normalized spacial score (nSPS) is 19.0. The summed E-state index contributed by atoms with van der Waals surface area (Å²) in [6.07, 6.45) is 1.75. The van der Waals surface area contributed by atoms with Gasteiger partial charge in [0.05, 0.1) is 7.11 Å². The predicted molar refractivity (Wildman–Crippen MR) is 63.4 cm³/mol. The third kappa shape index (κ3) is 2.58. The molecule has 94 valence electrons. The van der Waals surface area contributed by atoms with E-state index < -0.39 is 0 Å². The second-order valence-corrected chi connectivity index (χ2v) is 4.33. The Morgan fingerprint density at radius 2 is 2.12 bits per heavy atom. The molecular weight excluding hydrogens is 221 g/mol. The molecule has 0 amide bonds. The van der Waals surface area contributed by atoms with Gasteiger partial charge in [-0.1, -0.05) is 6.07 Å². The summed E-state index contributed by atoms with van der Waals surface area (Å²) < 4.78 is 24.3. The van der Waals surface area contributed by atoms with Crippen LogP contribution in [0, 0.1) is 11.7 Å². The molecule has 17 heavy (non-hydrogen) atoms. The van der Waals surface area contributed by atoms with E-state index in [1.165, 1.54) is 13.2 Å². The van der Waals surface area contributed by atoms with E-state index in [2.05, 4.69) is 0 Å². The second-order valence-electron chi connectivity index (χ2n) is 4.33. The Bertz CT molecular complexity index is 378. The van der Waals surface area contributed by atoms with Gasteiger partial charge in [0.2, 0.25) is 0 Å². The molecule has 1 aromatic rings. The van der Waals surface area contributed by atoms with E-state index in [0.717, 1.165) is 12.8 Å². The van der Waals surface area contributed by atoms with Crippen LogP contribution in [0.2, 0.25) is 0 Å². The van der Waals surface area contributed by atoms with E-state index in [1.54, 1.807) is 12.1 Å². The SMILES string of the molecule is COc1cccc(F)c1[C@H](N)C1CCOCC1. The van der Waals surface area contributed by atoms with Crippen LogP contribution in [0.3, 0.4) is 0 Å². The van der Waals surface area contributed by atoms with Crippen molar-refractivity contribution >= 4 is 0 Å². The Morgan fingerprint density at radius 1 is 1.41 bits per heavy atom. The molecule has 1 atom stereocenters. The van der Waals surface area contributed by atoms with Gasteiger partial charge in [-0.25, -0.2) is 4.39 Å². The molecule has 0 aromatic heterocycles. The molecule has 3 nitrogen and oxygen atoms in total. The van der Waals surface area contributed by atoms with Crippen LogP contribution >= 0.6 is 0 Å². The highest BCUT2D eigenvalue weighted by Gasteiger charge is 2.26. The van der Waals surface area contributed by atoms with Crippen molar-refractivity contribution in [3.05, 3.63) is 29.6 Å². The average molecular weight is 239 g/mol. The molecule has 1 aliphatic heterocycles. The van der Waals surface area contributed by atoms with Gasteiger partial charge < -0.3 is 15.2 Å². The molecular formula is C13H18FNO2. The number of ether oxygens (including phenoxy) is 2. The molecule has 0 saturated carbocycles. The number of nitrogens with two attached hydrogens (primary N) is 1. The summed E-state index contributed by atoms with van der Waals surface area (Å²) >= 11 is 0. The van der Waals surface area contributed by atoms with E-state index in [4.69, 9.17) is 15.2 Å². The second kappa shape index (κ2) is 5.47. The summed E-state index contributed by atoms with van der Waals surface area (Å²) in [5.74, 6) is 0.502. The average Bonchev–Trinajstić information content (AvgIpc) is 2.38. The van der Waals surface area contributed by atoms with Gasteiger partial charge in [-0.15, -0.1) is 0 Å². The van der Waals surface area contributed by atoms with Gasteiger partial charge in [-0.05, 0) is 30.9 Å². The first-order chi connectivity index (χ1) is 8.24. The highest BCUT2D eigenvalue weighted by Crippen LogP contribution is 2.34. The number of hydrogen-bond donors (Lipinski definition) is 1. The van der Waals surface area contributed by atoms with E-state index in [0.29, 0.717) is 24.5 Å². The molecule has 1 aliphatic rings. The van der Waals surface area contributed by atoms with Crippen LogP contribution in [-0.2, 0) is 4.74 Å². The number of benzene rings is 1. The van der Waals surface area contributed by atoms with Gasteiger partial charge in [0, 0.05) is 24.8 Å². The Balaban J connectivity index is 2.25. The lowest BCUT2D eigenvalue weighted by Gasteiger charge is -2.28. The molecule has 1 saturated heterocycles. The number of halogens is 1. The fourth-order valence-corrected chi connectivity index (χ4v) is 2.33. The van der Waals surface area contributed by atoms with Crippen molar-refractivity contribution in [1.29, 1.82) is 0 Å². The zero-order valence-electron chi connectivity index (χ0n) is 9.99. The smallest absolute Gasteiger partial charge is 0.131 e. The fraction of sp³-hybridized carbons (Fsp3) is 0.538. The van der Waals surface area contributed by atoms with Crippen LogP contribution in [0.15, 0.2) is 18.2 Å². The van der Waals surface area contributed by atoms with Crippen LogP contribution in [0.5, 0.6) is 5.75 Å². The summed E-state index contributed by atoms with van der Waals surface area (Å²) in [6, 6.07) is 4.48. The Labute approximate surface area is 101 Å². The number of hydrogen-bond acceptors (Lipinski definition) is 3. The Kier molecular flexibility index (Phi) is 3.97. The van der Waals surface area contributed by atoms with E-state index in [9.17, 15) is 4.39 Å². The van der Waals surface area contributed by atoms with Crippen LogP contribution in [0.25, 0.3) is 0 Å². The van der Waals surface area contributed by atoms with Crippen molar-refractivity contribution in [2.75, 3.05) is 20.3 Å². The lowest BCUT2D eigenvalue weighted by atomic mass is 9.87. The molecule has 4 heteroatoms. The minimum absolute atomic E-state index is 0.259. The quantitative estimate of drug-likeness (QED) is 0.880. The minimum Gasteiger partial charge on any atom is -0.496 e. The monoisotopic (exact) mass is 239 g/mol. The minimum atomic E-state index is -0.324. The lowest BCUT2D eigenvalue weighted by Crippen LogP contribution is -2.28. The third-order valence-corrected chi connectivity index (χ3v) is 3.34. The molecule has 0 bridgehead atoms. The van der Waals surface area contributed by atoms with Crippen molar-refractivity contribution in [3.8, 4) is 5.75 Å². The fourth-order valence-electron chi connectivity index (χ4n) is 2.33. The highest BCUT2D eigenvalue weighted by atomic mass is 19.1. The molecule has 0 radical (unpaired) electrons. The maximum absolute atomic E-state index is 13.9. The molecule has 0 unspecified atom stereocenters. The van der Waals surface area contributed by atoms with Crippen LogP contribution in [-0.4, -0.2) is 20.3 Å². The zero-order valence-corrected chi connectivity index (χ0v) is 9.99. The zero-order chi connectivity index (χ0) is 12.3. The first-order valence-corrected chi connectivity index (χ1v) is 5.89. The third-order valence-electron chi connectivity index (χ3n) is 3.34. The molecule has 0 aliphatic carbocycles. The summed E-state index contributed by atoms with van der Waals surface area (Å²) in [7, 11) is 1.54. The van der Waals surface area contributed by atoms with Crippen molar-refractivity contribution in [1.82, 2.24) is 0 Å². The summed E-state index contributed by atoms with van der Waals surface area (Å²) in [6.45, 7) is 1.41. The van der Waals surface area contributed by atoms with Crippen molar-refractivity contribution in [2.45, 2.75) is 18.9 Å². The van der Waals surface area contributed by atoms with E-state index >= 15 is 0 Å². The van der Waals surface area contributed by atoms with Gasteiger partial charge in [0.15, 0.2) is 0 Å². The summed E-state index contributed by atoms with van der Waals surface area (Å²) in [5.41, 5.74) is 6.66. The maximum atomic E-state index is 13.9. The molecule has 1 aromatic carbocycles. The van der Waals surface area contributed by atoms with E-state index in [1.807, 2.05) is 0 Å². The standard InChI is InChI=1S/C13H18FNO2/c1-16-11-4-2-3-10(14)12(11)13(15)9-5-7-17-8-6-9/h2-4,9,13H,5-8,15H2,1H3/t13-/m1/s1. The highest BCUT2D eigenvalue weighted by molar-refractivity contribution is 5.37. The van der Waals surface area contributed by atoms with Crippen molar-refractivity contribution < 1.29 is 13.9 Å². The first kappa shape index (κ1) is 12.3.